The van der Waals surface area contributed by atoms with Crippen LogP contribution in [-0.2, 0) is 0 Å². The van der Waals surface area contributed by atoms with Crippen LogP contribution in [0.2, 0.25) is 0 Å². The predicted octanol–water partition coefficient (Wildman–Crippen LogP) is 8.52. The summed E-state index contributed by atoms with van der Waals surface area (Å²) in [6, 6.07) is 0. The summed E-state index contributed by atoms with van der Waals surface area (Å²) in [6.45, 7) is 40.8. The Morgan fingerprint density at radius 3 is 0.654 bits per heavy atom. The molecule has 0 aliphatic heterocycles. The molecule has 3 aliphatic rings. The maximum absolute atomic E-state index is 2.62. The van der Waals surface area contributed by atoms with Crippen molar-refractivity contribution >= 4 is 0 Å². The fourth-order valence-electron chi connectivity index (χ4n) is 8.88. The van der Waals surface area contributed by atoms with Gasteiger partial charge >= 0.3 is 0 Å². The molecule has 0 saturated heterocycles. The largest absolute Gasteiger partial charge is 0.0676 e. The summed E-state index contributed by atoms with van der Waals surface area (Å²) in [7, 11) is 0. The fourth-order valence-corrected chi connectivity index (χ4v) is 8.88. The zero-order valence-corrected chi connectivity index (χ0v) is 21.0. The van der Waals surface area contributed by atoms with Crippen molar-refractivity contribution in [3.05, 3.63) is 11.1 Å². The molecular weight excluding hydrogens is 312 g/mol. The first-order valence-corrected chi connectivity index (χ1v) is 10.8. The van der Waals surface area contributed by atoms with Crippen molar-refractivity contribution < 1.29 is 0 Å². The van der Waals surface area contributed by atoms with Crippen LogP contribution in [0, 0.1) is 43.3 Å². The molecule has 3 aliphatic carbocycles. The first-order valence-electron chi connectivity index (χ1n) is 10.8. The highest BCUT2D eigenvalue weighted by molar-refractivity contribution is 5.39. The lowest BCUT2D eigenvalue weighted by Gasteiger charge is -2.84. The molecule has 0 aromatic carbocycles. The summed E-state index contributed by atoms with van der Waals surface area (Å²) >= 11 is 0. The van der Waals surface area contributed by atoms with E-state index in [9.17, 15) is 0 Å². The summed E-state index contributed by atoms with van der Waals surface area (Å²) in [4.78, 5) is 0. The van der Waals surface area contributed by atoms with E-state index < -0.39 is 0 Å². The van der Waals surface area contributed by atoms with Crippen molar-refractivity contribution in [1.29, 1.82) is 0 Å². The Morgan fingerprint density at radius 2 is 0.500 bits per heavy atom. The van der Waals surface area contributed by atoms with E-state index in [0.29, 0.717) is 0 Å². The van der Waals surface area contributed by atoms with E-state index in [2.05, 4.69) is 111 Å². The molecule has 2 bridgehead atoms. The van der Waals surface area contributed by atoms with E-state index in [1.807, 2.05) is 0 Å². The van der Waals surface area contributed by atoms with Crippen molar-refractivity contribution in [1.82, 2.24) is 0 Å². The van der Waals surface area contributed by atoms with E-state index in [4.69, 9.17) is 0 Å². The standard InChI is InChI=1S/C26H48/c1-17-18(2)20(5,6)26(16)23(11,12)21(7,8)25(15,19(17,3)4)22(9,10)24(26,13)14/h1-16H3/b18-17-. The van der Waals surface area contributed by atoms with Crippen LogP contribution < -0.4 is 0 Å². The Kier molecular flexibility index (Phi) is 4.09. The van der Waals surface area contributed by atoms with Crippen molar-refractivity contribution in [3.63, 3.8) is 0 Å². The molecule has 0 nitrogen and oxygen atoms in total. The van der Waals surface area contributed by atoms with Crippen LogP contribution in [0.25, 0.3) is 0 Å². The summed E-state index contributed by atoms with van der Waals surface area (Å²) in [6.07, 6.45) is 0. The Labute approximate surface area is 165 Å². The first kappa shape index (κ1) is 22.0. The van der Waals surface area contributed by atoms with Crippen molar-refractivity contribution in [2.45, 2.75) is 111 Å². The molecule has 3 rings (SSSR count). The molecule has 152 valence electrons. The smallest absolute Gasteiger partial charge is 0.00803 e. The number of fused-ring (bicyclic) bond motifs is 4. The summed E-state index contributed by atoms with van der Waals surface area (Å²) in [5.41, 5.74) is 4.49. The van der Waals surface area contributed by atoms with Gasteiger partial charge in [-0.1, -0.05) is 108 Å². The van der Waals surface area contributed by atoms with E-state index >= 15 is 0 Å². The quantitative estimate of drug-likeness (QED) is 0.380. The molecule has 1 saturated carbocycles. The van der Waals surface area contributed by atoms with Crippen LogP contribution in [0.15, 0.2) is 11.1 Å². The van der Waals surface area contributed by atoms with Gasteiger partial charge in [0.15, 0.2) is 0 Å². The summed E-state index contributed by atoms with van der Waals surface area (Å²) < 4.78 is 0. The van der Waals surface area contributed by atoms with Crippen LogP contribution in [-0.4, -0.2) is 0 Å². The number of rotatable bonds is 0. The lowest BCUT2D eigenvalue weighted by Crippen LogP contribution is -2.78. The zero-order valence-electron chi connectivity index (χ0n) is 21.0. The average molecular weight is 361 g/mol. The summed E-state index contributed by atoms with van der Waals surface area (Å²) in [5, 5.41) is 0. The van der Waals surface area contributed by atoms with E-state index in [1.165, 1.54) is 0 Å². The number of hydrogen-bond donors (Lipinski definition) is 0. The van der Waals surface area contributed by atoms with Gasteiger partial charge in [0.25, 0.3) is 0 Å². The Bertz CT molecular complexity index is 572. The molecule has 0 aromatic heterocycles. The monoisotopic (exact) mass is 360 g/mol. The molecule has 0 aromatic rings. The van der Waals surface area contributed by atoms with Gasteiger partial charge in [0.2, 0.25) is 0 Å². The number of allylic oxidation sites excluding steroid dienone is 2. The van der Waals surface area contributed by atoms with Crippen LogP contribution >= 0.6 is 0 Å². The molecule has 0 N–H and O–H groups in total. The maximum atomic E-state index is 2.62. The molecule has 26 heavy (non-hydrogen) atoms. The van der Waals surface area contributed by atoms with Crippen LogP contribution in [0.3, 0.4) is 0 Å². The van der Waals surface area contributed by atoms with Gasteiger partial charge in [-0.25, -0.2) is 0 Å². The average Bonchev–Trinajstić information content (AvgIpc) is 2.48. The van der Waals surface area contributed by atoms with Crippen molar-refractivity contribution in [2.75, 3.05) is 0 Å². The lowest BCUT2D eigenvalue weighted by atomic mass is 9.20. The molecule has 0 heteroatoms. The Balaban J connectivity index is 3.30. The second kappa shape index (κ2) is 4.83. The Hall–Kier alpha value is -0.260. The molecule has 0 atom stereocenters. The van der Waals surface area contributed by atoms with E-state index in [1.54, 1.807) is 11.1 Å². The minimum atomic E-state index is 0.123. The molecule has 1 fully saturated rings. The highest BCUT2D eigenvalue weighted by Crippen LogP contribution is 2.86. The van der Waals surface area contributed by atoms with Crippen LogP contribution in [0.4, 0.5) is 0 Å². The maximum Gasteiger partial charge on any atom is -0.00803 e. The molecule has 0 amide bonds. The van der Waals surface area contributed by atoms with Gasteiger partial charge in [0.05, 0.1) is 0 Å². The van der Waals surface area contributed by atoms with Gasteiger partial charge in [-0.2, -0.15) is 0 Å². The van der Waals surface area contributed by atoms with Gasteiger partial charge in [0, 0.05) is 0 Å². The van der Waals surface area contributed by atoms with E-state index in [0.717, 1.165) is 0 Å². The van der Waals surface area contributed by atoms with Crippen molar-refractivity contribution in [3.8, 4) is 0 Å². The minimum Gasteiger partial charge on any atom is -0.0676 e. The third-order valence-electron chi connectivity index (χ3n) is 13.1. The second-order valence-corrected chi connectivity index (χ2v) is 13.2. The third kappa shape index (κ3) is 1.59. The molecular formula is C26H48. The molecule has 0 spiro atoms. The van der Waals surface area contributed by atoms with Gasteiger partial charge in [0.1, 0.15) is 0 Å². The topological polar surface area (TPSA) is 0 Å². The predicted molar refractivity (Wildman–Crippen MR) is 117 cm³/mol. The van der Waals surface area contributed by atoms with Gasteiger partial charge in [-0.05, 0) is 57.2 Å². The summed E-state index contributed by atoms with van der Waals surface area (Å²) in [5.74, 6) is 0. The third-order valence-corrected chi connectivity index (χ3v) is 13.1. The molecule has 0 heterocycles. The highest BCUT2D eigenvalue weighted by Gasteiger charge is 2.80. The fraction of sp³-hybridized carbons (Fsp3) is 0.923. The molecule has 0 unspecified atom stereocenters. The highest BCUT2D eigenvalue weighted by atomic mass is 14.8. The number of hydrogen-bond acceptors (Lipinski definition) is 0. The lowest BCUT2D eigenvalue weighted by molar-refractivity contribution is -0.347. The Morgan fingerprint density at radius 1 is 0.346 bits per heavy atom. The SMILES string of the molecule is C/C1=C(\C)C(C)(C)C2(C)C(C)(C)C(C)(C)C(C)(C1(C)C)C(C)(C)C2(C)C. The van der Waals surface area contributed by atoms with Crippen molar-refractivity contribution in [2.24, 2.45) is 43.3 Å². The van der Waals surface area contributed by atoms with Gasteiger partial charge in [-0.3, -0.25) is 0 Å². The van der Waals surface area contributed by atoms with E-state index in [-0.39, 0.29) is 43.3 Å². The first-order chi connectivity index (χ1) is 11.1. The minimum absolute atomic E-state index is 0.123. The van der Waals surface area contributed by atoms with Crippen LogP contribution in [0.5, 0.6) is 0 Å². The van der Waals surface area contributed by atoms with Crippen LogP contribution in [0.1, 0.15) is 111 Å². The van der Waals surface area contributed by atoms with Gasteiger partial charge in [-0.15, -0.1) is 0 Å². The molecule has 0 radical (unpaired) electrons. The zero-order chi connectivity index (χ0) is 21.2. The second-order valence-electron chi connectivity index (χ2n) is 13.2. The van der Waals surface area contributed by atoms with Gasteiger partial charge < -0.3 is 0 Å². The normalized spacial score (nSPS) is 44.3.